The van der Waals surface area contributed by atoms with Gasteiger partial charge >= 0.3 is 0 Å². The summed E-state index contributed by atoms with van der Waals surface area (Å²) in [7, 11) is 0. The van der Waals surface area contributed by atoms with Gasteiger partial charge in [-0.05, 0) is 56.1 Å². The Balaban J connectivity index is 0.00000341. The Bertz CT molecular complexity index is 619. The van der Waals surface area contributed by atoms with Gasteiger partial charge in [-0.3, -0.25) is 14.8 Å². The lowest BCUT2D eigenvalue weighted by atomic mass is 9.97. The number of hydrogen-bond donors (Lipinski definition) is 2. The number of halogens is 1. The van der Waals surface area contributed by atoms with Gasteiger partial charge in [-0.1, -0.05) is 19.9 Å². The lowest BCUT2D eigenvalue weighted by Gasteiger charge is -2.34. The molecule has 0 aromatic carbocycles. The van der Waals surface area contributed by atoms with Crippen LogP contribution in [0.3, 0.4) is 0 Å². The summed E-state index contributed by atoms with van der Waals surface area (Å²) in [6.45, 7) is 16.8. The summed E-state index contributed by atoms with van der Waals surface area (Å²) in [4.78, 5) is 11.5. The number of aliphatic imine (C=N–C) groups is 1. The van der Waals surface area contributed by atoms with E-state index in [-0.39, 0.29) is 30.1 Å². The molecule has 8 heteroatoms. The number of morpholine rings is 1. The molecule has 0 saturated carbocycles. The van der Waals surface area contributed by atoms with E-state index in [4.69, 9.17) is 9.73 Å². The monoisotopic (exact) mass is 563 g/mol. The first kappa shape index (κ1) is 26.8. The molecule has 3 heterocycles. The molecule has 0 spiro atoms. The highest BCUT2D eigenvalue weighted by atomic mass is 127. The maximum Gasteiger partial charge on any atom is 0.191 e. The van der Waals surface area contributed by atoms with E-state index >= 15 is 0 Å². The summed E-state index contributed by atoms with van der Waals surface area (Å²) >= 11 is 1.86. The Labute approximate surface area is 210 Å². The van der Waals surface area contributed by atoms with Crippen LogP contribution in [-0.2, 0) is 11.3 Å². The second kappa shape index (κ2) is 14.7. The van der Waals surface area contributed by atoms with E-state index in [1.54, 1.807) is 0 Å². The minimum absolute atomic E-state index is 0. The summed E-state index contributed by atoms with van der Waals surface area (Å²) in [6, 6.07) is 4.39. The molecule has 0 amide bonds. The number of guanidine groups is 1. The van der Waals surface area contributed by atoms with Crippen molar-refractivity contribution in [2.45, 2.75) is 46.3 Å². The Morgan fingerprint density at radius 1 is 1.23 bits per heavy atom. The van der Waals surface area contributed by atoms with Crippen LogP contribution in [0, 0.1) is 11.8 Å². The predicted octanol–water partition coefficient (Wildman–Crippen LogP) is 3.49. The number of nitrogens with zero attached hydrogens (tertiary/aromatic N) is 3. The molecular formula is C23H42IN5OS. The van der Waals surface area contributed by atoms with Crippen LogP contribution < -0.4 is 10.6 Å². The Morgan fingerprint density at radius 3 is 2.71 bits per heavy atom. The SMILES string of the molecule is CCNC(=NCC1CCN(Cc2cccs2)CC1)NCC1CN(CC(C)C)CCO1.I. The second-order valence-corrected chi connectivity index (χ2v) is 10.1. The molecule has 2 saturated heterocycles. The molecule has 2 N–H and O–H groups in total. The van der Waals surface area contributed by atoms with Crippen LogP contribution in [0.5, 0.6) is 0 Å². The lowest BCUT2D eigenvalue weighted by molar-refractivity contribution is -0.0284. The third-order valence-electron chi connectivity index (χ3n) is 5.86. The van der Waals surface area contributed by atoms with Crippen molar-refractivity contribution in [1.82, 2.24) is 20.4 Å². The molecule has 2 aliphatic heterocycles. The third-order valence-corrected chi connectivity index (χ3v) is 6.72. The van der Waals surface area contributed by atoms with Gasteiger partial charge in [-0.15, -0.1) is 35.3 Å². The Kier molecular flexibility index (Phi) is 12.7. The lowest BCUT2D eigenvalue weighted by Crippen LogP contribution is -2.50. The first-order chi connectivity index (χ1) is 14.6. The molecule has 3 rings (SSSR count). The molecule has 0 aliphatic carbocycles. The molecule has 0 bridgehead atoms. The number of thiophene rings is 1. The standard InChI is InChI=1S/C23H41N5OS.HI/c1-4-24-23(26-15-21-17-28(11-12-29-21)16-19(2)3)25-14-20-7-9-27(10-8-20)18-22-6-5-13-30-22;/h5-6,13,19-21H,4,7-12,14-18H2,1-3H3,(H2,24,25,26);1H. The van der Waals surface area contributed by atoms with Gasteiger partial charge in [-0.25, -0.2) is 0 Å². The molecule has 0 radical (unpaired) electrons. The van der Waals surface area contributed by atoms with E-state index in [0.29, 0.717) is 11.8 Å². The molecule has 1 unspecified atom stereocenters. The van der Waals surface area contributed by atoms with Gasteiger partial charge in [0.2, 0.25) is 0 Å². The summed E-state index contributed by atoms with van der Waals surface area (Å²) in [5.74, 6) is 2.32. The smallest absolute Gasteiger partial charge is 0.191 e. The van der Waals surface area contributed by atoms with Crippen molar-refractivity contribution in [2.75, 3.05) is 59.0 Å². The fourth-order valence-electron chi connectivity index (χ4n) is 4.31. The van der Waals surface area contributed by atoms with Crippen LogP contribution in [0.25, 0.3) is 0 Å². The highest BCUT2D eigenvalue weighted by Crippen LogP contribution is 2.20. The number of piperidine rings is 1. The zero-order valence-corrected chi connectivity index (χ0v) is 22.7. The fourth-order valence-corrected chi connectivity index (χ4v) is 5.06. The highest BCUT2D eigenvalue weighted by molar-refractivity contribution is 14.0. The van der Waals surface area contributed by atoms with Crippen molar-refractivity contribution in [3.63, 3.8) is 0 Å². The zero-order chi connectivity index (χ0) is 21.2. The number of ether oxygens (including phenoxy) is 1. The molecular weight excluding hydrogens is 521 g/mol. The number of rotatable bonds is 9. The molecule has 1 atom stereocenters. The topological polar surface area (TPSA) is 52.1 Å². The number of nitrogens with one attached hydrogen (secondary N) is 2. The van der Waals surface area contributed by atoms with Gasteiger partial charge in [-0.2, -0.15) is 0 Å². The van der Waals surface area contributed by atoms with Crippen molar-refractivity contribution in [3.05, 3.63) is 22.4 Å². The van der Waals surface area contributed by atoms with Crippen LogP contribution in [0.1, 0.15) is 38.5 Å². The molecule has 31 heavy (non-hydrogen) atoms. The quantitative estimate of drug-likeness (QED) is 0.274. The van der Waals surface area contributed by atoms with Crippen molar-refractivity contribution >= 4 is 41.3 Å². The van der Waals surface area contributed by atoms with Crippen LogP contribution >= 0.6 is 35.3 Å². The van der Waals surface area contributed by atoms with Crippen molar-refractivity contribution in [1.29, 1.82) is 0 Å². The summed E-state index contributed by atoms with van der Waals surface area (Å²) in [5.41, 5.74) is 0. The first-order valence-corrected chi connectivity index (χ1v) is 12.6. The summed E-state index contributed by atoms with van der Waals surface area (Å²) < 4.78 is 5.98. The molecule has 178 valence electrons. The molecule has 2 fully saturated rings. The third kappa shape index (κ3) is 9.94. The van der Waals surface area contributed by atoms with E-state index in [0.717, 1.165) is 58.4 Å². The second-order valence-electron chi connectivity index (χ2n) is 9.05. The summed E-state index contributed by atoms with van der Waals surface area (Å²) in [5, 5.41) is 9.10. The summed E-state index contributed by atoms with van der Waals surface area (Å²) in [6.07, 6.45) is 2.72. The first-order valence-electron chi connectivity index (χ1n) is 11.7. The molecule has 1 aromatic heterocycles. The van der Waals surface area contributed by atoms with E-state index in [9.17, 15) is 0 Å². The van der Waals surface area contributed by atoms with Gasteiger partial charge < -0.3 is 15.4 Å². The minimum Gasteiger partial charge on any atom is -0.374 e. The highest BCUT2D eigenvalue weighted by Gasteiger charge is 2.22. The molecule has 2 aliphatic rings. The molecule has 1 aromatic rings. The number of hydrogen-bond acceptors (Lipinski definition) is 5. The molecule has 6 nitrogen and oxygen atoms in total. The van der Waals surface area contributed by atoms with Crippen molar-refractivity contribution in [3.8, 4) is 0 Å². The average molecular weight is 564 g/mol. The van der Waals surface area contributed by atoms with Crippen LogP contribution in [-0.4, -0.2) is 80.8 Å². The zero-order valence-electron chi connectivity index (χ0n) is 19.5. The number of likely N-dealkylation sites (tertiary alicyclic amines) is 1. The van der Waals surface area contributed by atoms with Crippen molar-refractivity contribution < 1.29 is 4.74 Å². The van der Waals surface area contributed by atoms with Gasteiger partial charge in [0.1, 0.15) is 0 Å². The predicted molar refractivity (Wildman–Crippen MR) is 143 cm³/mol. The largest absolute Gasteiger partial charge is 0.374 e. The van der Waals surface area contributed by atoms with E-state index in [1.165, 1.54) is 30.8 Å². The van der Waals surface area contributed by atoms with Crippen LogP contribution in [0.2, 0.25) is 0 Å². The average Bonchev–Trinajstić information content (AvgIpc) is 3.24. The maximum atomic E-state index is 5.98. The van der Waals surface area contributed by atoms with Crippen LogP contribution in [0.4, 0.5) is 0 Å². The van der Waals surface area contributed by atoms with E-state index in [1.807, 2.05) is 11.3 Å². The van der Waals surface area contributed by atoms with E-state index < -0.39 is 0 Å². The van der Waals surface area contributed by atoms with E-state index in [2.05, 4.69) is 58.7 Å². The van der Waals surface area contributed by atoms with Crippen molar-refractivity contribution in [2.24, 2.45) is 16.8 Å². The van der Waals surface area contributed by atoms with Gasteiger partial charge in [0.05, 0.1) is 12.7 Å². The minimum atomic E-state index is 0. The normalized spacial score (nSPS) is 21.8. The van der Waals surface area contributed by atoms with Gasteiger partial charge in [0, 0.05) is 50.7 Å². The van der Waals surface area contributed by atoms with Crippen LogP contribution in [0.15, 0.2) is 22.5 Å². The Hall–Kier alpha value is -0.420. The van der Waals surface area contributed by atoms with Gasteiger partial charge in [0.15, 0.2) is 5.96 Å². The maximum absolute atomic E-state index is 5.98. The fraction of sp³-hybridized carbons (Fsp3) is 0.783. The Morgan fingerprint density at radius 2 is 2.03 bits per heavy atom. The van der Waals surface area contributed by atoms with Gasteiger partial charge in [0.25, 0.3) is 0 Å².